The highest BCUT2D eigenvalue weighted by molar-refractivity contribution is 7.91. The van der Waals surface area contributed by atoms with Gasteiger partial charge in [-0.2, -0.15) is 0 Å². The summed E-state index contributed by atoms with van der Waals surface area (Å²) in [6, 6.07) is 9.92. The molecule has 2 aromatic rings. The lowest BCUT2D eigenvalue weighted by molar-refractivity contribution is 0.150. The van der Waals surface area contributed by atoms with Crippen molar-refractivity contribution in [1.29, 1.82) is 0 Å². The van der Waals surface area contributed by atoms with Crippen LogP contribution in [0.4, 0.5) is 0 Å². The monoisotopic (exact) mass is 405 g/mol. The number of aromatic nitrogens is 2. The molecule has 0 radical (unpaired) electrons. The van der Waals surface area contributed by atoms with Crippen LogP contribution in [0.3, 0.4) is 0 Å². The van der Waals surface area contributed by atoms with Crippen LogP contribution in [0.5, 0.6) is 0 Å². The molecule has 1 aliphatic heterocycles. The molecule has 1 fully saturated rings. The quantitative estimate of drug-likeness (QED) is 0.694. The van der Waals surface area contributed by atoms with Crippen LogP contribution in [0, 0.1) is 5.92 Å². The minimum atomic E-state index is -3.39. The first-order chi connectivity index (χ1) is 13.5. The molecule has 1 N–H and O–H groups in total. The number of rotatable bonds is 9. The van der Waals surface area contributed by atoms with Gasteiger partial charge in [0, 0.05) is 19.7 Å². The van der Waals surface area contributed by atoms with Gasteiger partial charge in [0.05, 0.1) is 24.2 Å². The molecule has 1 aromatic carbocycles. The van der Waals surface area contributed by atoms with E-state index in [1.54, 1.807) is 13.1 Å². The first kappa shape index (κ1) is 21.0. The number of imidazole rings is 1. The number of piperidine rings is 1. The summed E-state index contributed by atoms with van der Waals surface area (Å²) in [4.78, 5) is 6.70. The normalized spacial score (nSPS) is 18.4. The Bertz CT molecular complexity index is 849. The molecule has 1 aromatic heterocycles. The van der Waals surface area contributed by atoms with Gasteiger partial charge in [-0.1, -0.05) is 37.3 Å². The summed E-state index contributed by atoms with van der Waals surface area (Å²) in [5.41, 5.74) is 2.01. The molecule has 0 spiro atoms. The maximum Gasteiger partial charge on any atom is 0.228 e. The Labute approximate surface area is 168 Å². The van der Waals surface area contributed by atoms with Gasteiger partial charge in [-0.25, -0.2) is 13.4 Å². The van der Waals surface area contributed by atoms with Crippen molar-refractivity contribution in [1.82, 2.24) is 14.5 Å². The number of sulfone groups is 1. The highest BCUT2D eigenvalue weighted by atomic mass is 32.2. The summed E-state index contributed by atoms with van der Waals surface area (Å²) >= 11 is 0. The average molecular weight is 406 g/mol. The van der Waals surface area contributed by atoms with E-state index in [9.17, 15) is 8.42 Å². The number of aliphatic hydroxyl groups excluding tert-OH is 1. The summed E-state index contributed by atoms with van der Waals surface area (Å²) in [6.07, 6.45) is 5.97. The van der Waals surface area contributed by atoms with E-state index in [1.165, 1.54) is 6.42 Å². The van der Waals surface area contributed by atoms with Crippen molar-refractivity contribution in [3.05, 3.63) is 47.8 Å². The van der Waals surface area contributed by atoms with Crippen molar-refractivity contribution in [2.75, 3.05) is 25.4 Å². The Hall–Kier alpha value is -1.70. The minimum Gasteiger partial charge on any atom is -0.396 e. The molecule has 0 amide bonds. The standard InChI is InChI=1S/C21H31N3O3S/c1-2-28(26,27)21-22-14-20(24(21)16-19-8-4-3-5-9-19)17-23-12-6-10-18(15-23)11-7-13-25/h3-5,8-9,14,18,25H,2,6-7,10-13,15-17H2,1H3/t18-/m0/s1. The molecule has 7 heteroatoms. The predicted molar refractivity (Wildman–Crippen MR) is 110 cm³/mol. The lowest BCUT2D eigenvalue weighted by Crippen LogP contribution is -2.35. The van der Waals surface area contributed by atoms with Crippen LogP contribution in [0.1, 0.15) is 43.9 Å². The van der Waals surface area contributed by atoms with Crippen molar-refractivity contribution >= 4 is 9.84 Å². The second-order valence-electron chi connectivity index (χ2n) is 7.62. The summed E-state index contributed by atoms with van der Waals surface area (Å²) < 4.78 is 27.0. The summed E-state index contributed by atoms with van der Waals surface area (Å²) in [5, 5.41) is 9.26. The maximum absolute atomic E-state index is 12.6. The van der Waals surface area contributed by atoms with Crippen molar-refractivity contribution in [2.45, 2.75) is 50.9 Å². The van der Waals surface area contributed by atoms with E-state index in [4.69, 9.17) is 5.11 Å². The number of likely N-dealkylation sites (tertiary alicyclic amines) is 1. The van der Waals surface area contributed by atoms with Crippen LogP contribution in [0.15, 0.2) is 41.7 Å². The number of aliphatic hydroxyl groups is 1. The summed E-state index contributed by atoms with van der Waals surface area (Å²) in [5.74, 6) is 0.649. The molecule has 2 heterocycles. The second kappa shape index (κ2) is 9.67. The molecule has 1 atom stereocenters. The van der Waals surface area contributed by atoms with E-state index < -0.39 is 9.84 Å². The van der Waals surface area contributed by atoms with Gasteiger partial charge >= 0.3 is 0 Å². The van der Waals surface area contributed by atoms with Gasteiger partial charge in [-0.15, -0.1) is 0 Å². The van der Waals surface area contributed by atoms with Crippen LogP contribution in [0.25, 0.3) is 0 Å². The van der Waals surface area contributed by atoms with E-state index in [2.05, 4.69) is 9.88 Å². The third-order valence-corrected chi connectivity index (χ3v) is 7.14. The van der Waals surface area contributed by atoms with Crippen molar-refractivity contribution in [3.63, 3.8) is 0 Å². The Morgan fingerprint density at radius 3 is 2.71 bits per heavy atom. The first-order valence-electron chi connectivity index (χ1n) is 10.2. The SMILES string of the molecule is CCS(=O)(=O)c1ncc(CN2CCC[C@@H](CCCO)C2)n1Cc1ccccc1. The third-order valence-electron chi connectivity index (χ3n) is 5.50. The van der Waals surface area contributed by atoms with Gasteiger partial charge in [0.1, 0.15) is 0 Å². The van der Waals surface area contributed by atoms with E-state index >= 15 is 0 Å². The van der Waals surface area contributed by atoms with Gasteiger partial charge in [0.2, 0.25) is 15.0 Å². The molecule has 3 rings (SSSR count). The lowest BCUT2D eigenvalue weighted by atomic mass is 9.93. The zero-order valence-corrected chi connectivity index (χ0v) is 17.4. The minimum absolute atomic E-state index is 0.0468. The average Bonchev–Trinajstić information content (AvgIpc) is 3.10. The first-order valence-corrected chi connectivity index (χ1v) is 11.8. The zero-order chi connectivity index (χ0) is 20.0. The Balaban J connectivity index is 1.82. The molecule has 0 saturated carbocycles. The largest absolute Gasteiger partial charge is 0.396 e. The lowest BCUT2D eigenvalue weighted by Gasteiger charge is -2.32. The van der Waals surface area contributed by atoms with Crippen LogP contribution < -0.4 is 0 Å². The molecule has 154 valence electrons. The molecule has 0 unspecified atom stereocenters. The summed E-state index contributed by atoms with van der Waals surface area (Å²) in [6.45, 7) is 5.13. The van der Waals surface area contributed by atoms with E-state index in [0.29, 0.717) is 19.0 Å². The van der Waals surface area contributed by atoms with E-state index in [-0.39, 0.29) is 17.5 Å². The third kappa shape index (κ3) is 5.21. The van der Waals surface area contributed by atoms with Crippen molar-refractivity contribution < 1.29 is 13.5 Å². The molecule has 6 nitrogen and oxygen atoms in total. The maximum atomic E-state index is 12.6. The smallest absolute Gasteiger partial charge is 0.228 e. The highest BCUT2D eigenvalue weighted by Gasteiger charge is 2.25. The van der Waals surface area contributed by atoms with Crippen LogP contribution in [-0.2, 0) is 22.9 Å². The zero-order valence-electron chi connectivity index (χ0n) is 16.6. The van der Waals surface area contributed by atoms with Gasteiger partial charge in [0.25, 0.3) is 0 Å². The van der Waals surface area contributed by atoms with Gasteiger partial charge in [-0.3, -0.25) is 4.90 Å². The fourth-order valence-electron chi connectivity index (χ4n) is 3.97. The Morgan fingerprint density at radius 1 is 1.21 bits per heavy atom. The molecule has 0 aliphatic carbocycles. The Morgan fingerprint density at radius 2 is 2.00 bits per heavy atom. The fraction of sp³-hybridized carbons (Fsp3) is 0.571. The second-order valence-corrected chi connectivity index (χ2v) is 9.79. The van der Waals surface area contributed by atoms with Crippen LogP contribution in [-0.4, -0.2) is 53.4 Å². The fourth-order valence-corrected chi connectivity index (χ4v) is 4.96. The van der Waals surface area contributed by atoms with E-state index in [0.717, 1.165) is 43.6 Å². The summed E-state index contributed by atoms with van der Waals surface area (Å²) in [7, 11) is -3.39. The topological polar surface area (TPSA) is 75.4 Å². The predicted octanol–water partition coefficient (Wildman–Crippen LogP) is 2.71. The molecular formula is C21H31N3O3S. The van der Waals surface area contributed by atoms with Crippen molar-refractivity contribution in [2.24, 2.45) is 5.92 Å². The number of nitrogens with zero attached hydrogens (tertiary/aromatic N) is 3. The number of hydrogen-bond donors (Lipinski definition) is 1. The van der Waals surface area contributed by atoms with Gasteiger partial charge < -0.3 is 9.67 Å². The van der Waals surface area contributed by atoms with Crippen molar-refractivity contribution in [3.8, 4) is 0 Å². The Kier molecular flexibility index (Phi) is 7.26. The highest BCUT2D eigenvalue weighted by Crippen LogP contribution is 2.24. The number of hydrogen-bond acceptors (Lipinski definition) is 5. The molecule has 0 bridgehead atoms. The molecular weight excluding hydrogens is 374 g/mol. The van der Waals surface area contributed by atoms with Crippen LogP contribution in [0.2, 0.25) is 0 Å². The van der Waals surface area contributed by atoms with Crippen LogP contribution >= 0.6 is 0 Å². The molecule has 1 aliphatic rings. The number of benzene rings is 1. The van der Waals surface area contributed by atoms with Gasteiger partial charge in [0.15, 0.2) is 0 Å². The molecule has 1 saturated heterocycles. The van der Waals surface area contributed by atoms with Gasteiger partial charge in [-0.05, 0) is 43.7 Å². The van der Waals surface area contributed by atoms with E-state index in [1.807, 2.05) is 34.9 Å². The molecule has 28 heavy (non-hydrogen) atoms.